The SMILES string of the molecule is Cl.NC1CCC(C(=O)NC(c2ccccc2F)C2CCCC2)C1. The summed E-state index contributed by atoms with van der Waals surface area (Å²) in [6.45, 7) is 0. The van der Waals surface area contributed by atoms with Crippen LogP contribution in [0.3, 0.4) is 0 Å². The van der Waals surface area contributed by atoms with Crippen LogP contribution in [0.25, 0.3) is 0 Å². The topological polar surface area (TPSA) is 55.1 Å². The Hall–Kier alpha value is -1.13. The summed E-state index contributed by atoms with van der Waals surface area (Å²) < 4.78 is 14.2. The van der Waals surface area contributed by atoms with E-state index >= 15 is 0 Å². The third-order valence-electron chi connectivity index (χ3n) is 5.25. The number of hydrogen-bond acceptors (Lipinski definition) is 2. The van der Waals surface area contributed by atoms with Crippen LogP contribution >= 0.6 is 12.4 Å². The molecule has 0 heterocycles. The van der Waals surface area contributed by atoms with Gasteiger partial charge >= 0.3 is 0 Å². The Morgan fingerprint density at radius 3 is 2.48 bits per heavy atom. The molecule has 2 aliphatic carbocycles. The van der Waals surface area contributed by atoms with E-state index in [0.29, 0.717) is 11.5 Å². The maximum atomic E-state index is 14.2. The highest BCUT2D eigenvalue weighted by Gasteiger charge is 2.33. The normalized spacial score (nSPS) is 25.8. The number of nitrogens with one attached hydrogen (secondary N) is 1. The molecule has 0 radical (unpaired) electrons. The van der Waals surface area contributed by atoms with Crippen LogP contribution in [0.1, 0.15) is 56.6 Å². The average Bonchev–Trinajstić information content (AvgIpc) is 3.17. The van der Waals surface area contributed by atoms with E-state index in [9.17, 15) is 9.18 Å². The lowest BCUT2D eigenvalue weighted by Gasteiger charge is -2.27. The fourth-order valence-electron chi connectivity index (χ4n) is 3.99. The van der Waals surface area contributed by atoms with E-state index in [1.165, 1.54) is 18.9 Å². The first-order valence-electron chi connectivity index (χ1n) is 8.45. The predicted molar refractivity (Wildman–Crippen MR) is 91.8 cm³/mol. The Morgan fingerprint density at radius 2 is 1.87 bits per heavy atom. The van der Waals surface area contributed by atoms with E-state index in [2.05, 4.69) is 5.32 Å². The predicted octanol–water partition coefficient (Wildman–Crippen LogP) is 3.72. The van der Waals surface area contributed by atoms with Crippen LogP contribution in [-0.2, 0) is 4.79 Å². The Morgan fingerprint density at radius 1 is 1.17 bits per heavy atom. The monoisotopic (exact) mass is 340 g/mol. The maximum absolute atomic E-state index is 14.2. The number of carbonyl (C=O) groups excluding carboxylic acids is 1. The lowest BCUT2D eigenvalue weighted by molar-refractivity contribution is -0.126. The van der Waals surface area contributed by atoms with Crippen LogP contribution in [0.15, 0.2) is 24.3 Å². The molecule has 128 valence electrons. The van der Waals surface area contributed by atoms with Crippen LogP contribution < -0.4 is 11.1 Å². The van der Waals surface area contributed by atoms with Crippen LogP contribution in [0, 0.1) is 17.7 Å². The van der Waals surface area contributed by atoms with Crippen molar-refractivity contribution in [3.05, 3.63) is 35.6 Å². The second kappa shape index (κ2) is 8.11. The van der Waals surface area contributed by atoms with Gasteiger partial charge in [-0.3, -0.25) is 4.79 Å². The minimum atomic E-state index is -0.220. The van der Waals surface area contributed by atoms with Gasteiger partial charge in [-0.2, -0.15) is 0 Å². The molecule has 2 saturated carbocycles. The van der Waals surface area contributed by atoms with Crippen molar-refractivity contribution in [2.75, 3.05) is 0 Å². The van der Waals surface area contributed by atoms with Crippen molar-refractivity contribution in [3.8, 4) is 0 Å². The number of amides is 1. The first-order chi connectivity index (χ1) is 10.6. The zero-order valence-corrected chi connectivity index (χ0v) is 14.2. The molecule has 0 aliphatic heterocycles. The molecule has 2 fully saturated rings. The van der Waals surface area contributed by atoms with Gasteiger partial charge in [0.05, 0.1) is 6.04 Å². The summed E-state index contributed by atoms with van der Waals surface area (Å²) in [5.74, 6) is 0.164. The minimum absolute atomic E-state index is 0. The molecule has 23 heavy (non-hydrogen) atoms. The Labute approximate surface area is 143 Å². The molecule has 3 nitrogen and oxygen atoms in total. The van der Waals surface area contributed by atoms with Crippen LogP contribution in [-0.4, -0.2) is 11.9 Å². The maximum Gasteiger partial charge on any atom is 0.223 e. The van der Waals surface area contributed by atoms with Crippen molar-refractivity contribution in [1.82, 2.24) is 5.32 Å². The summed E-state index contributed by atoms with van der Waals surface area (Å²) in [6.07, 6.45) is 6.96. The van der Waals surface area contributed by atoms with E-state index in [1.807, 2.05) is 6.07 Å². The average molecular weight is 341 g/mol. The van der Waals surface area contributed by atoms with Gasteiger partial charge in [-0.1, -0.05) is 31.0 Å². The summed E-state index contributed by atoms with van der Waals surface area (Å²) in [4.78, 5) is 12.6. The molecule has 3 rings (SSSR count). The van der Waals surface area contributed by atoms with Gasteiger partial charge in [0, 0.05) is 17.5 Å². The molecule has 1 amide bonds. The van der Waals surface area contributed by atoms with E-state index < -0.39 is 0 Å². The molecule has 0 aromatic heterocycles. The molecule has 1 aromatic carbocycles. The van der Waals surface area contributed by atoms with Crippen LogP contribution in [0.2, 0.25) is 0 Å². The Balaban J connectivity index is 0.00000192. The van der Waals surface area contributed by atoms with Gasteiger partial charge in [-0.15, -0.1) is 12.4 Å². The van der Waals surface area contributed by atoms with Crippen molar-refractivity contribution in [3.63, 3.8) is 0 Å². The van der Waals surface area contributed by atoms with Gasteiger partial charge in [0.2, 0.25) is 5.91 Å². The number of benzene rings is 1. The lowest BCUT2D eigenvalue weighted by atomic mass is 9.90. The smallest absolute Gasteiger partial charge is 0.223 e. The zero-order chi connectivity index (χ0) is 15.5. The fourth-order valence-corrected chi connectivity index (χ4v) is 3.99. The second-order valence-corrected chi connectivity index (χ2v) is 6.82. The molecule has 3 N–H and O–H groups in total. The van der Waals surface area contributed by atoms with Crippen molar-refractivity contribution >= 4 is 18.3 Å². The third kappa shape index (κ3) is 4.24. The molecule has 2 aliphatic rings. The summed E-state index contributed by atoms with van der Waals surface area (Å²) >= 11 is 0. The quantitative estimate of drug-likeness (QED) is 0.877. The highest BCUT2D eigenvalue weighted by atomic mass is 35.5. The molecule has 0 spiro atoms. The molecule has 3 unspecified atom stereocenters. The summed E-state index contributed by atoms with van der Waals surface area (Å²) in [5, 5.41) is 3.14. The number of carbonyl (C=O) groups is 1. The molecular formula is C18H26ClFN2O. The number of halogens is 2. The molecule has 1 aromatic rings. The Bertz CT molecular complexity index is 534. The number of rotatable bonds is 4. The van der Waals surface area contributed by atoms with Crippen molar-refractivity contribution in [1.29, 1.82) is 0 Å². The zero-order valence-electron chi connectivity index (χ0n) is 13.3. The van der Waals surface area contributed by atoms with Gasteiger partial charge in [-0.25, -0.2) is 4.39 Å². The Kier molecular flexibility index (Phi) is 6.42. The van der Waals surface area contributed by atoms with Gasteiger partial charge in [0.25, 0.3) is 0 Å². The fraction of sp³-hybridized carbons (Fsp3) is 0.611. The van der Waals surface area contributed by atoms with Crippen molar-refractivity contribution in [2.24, 2.45) is 17.6 Å². The molecular weight excluding hydrogens is 315 g/mol. The first-order valence-corrected chi connectivity index (χ1v) is 8.45. The molecule has 0 saturated heterocycles. The minimum Gasteiger partial charge on any atom is -0.349 e. The van der Waals surface area contributed by atoms with Crippen molar-refractivity contribution < 1.29 is 9.18 Å². The highest BCUT2D eigenvalue weighted by Crippen LogP contribution is 2.37. The lowest BCUT2D eigenvalue weighted by Crippen LogP contribution is -2.37. The third-order valence-corrected chi connectivity index (χ3v) is 5.25. The van der Waals surface area contributed by atoms with Gasteiger partial charge in [0.15, 0.2) is 0 Å². The molecule has 5 heteroatoms. The summed E-state index contributed by atoms with van der Waals surface area (Å²) in [7, 11) is 0. The highest BCUT2D eigenvalue weighted by molar-refractivity contribution is 5.85. The van der Waals surface area contributed by atoms with E-state index in [-0.39, 0.29) is 42.1 Å². The van der Waals surface area contributed by atoms with Gasteiger partial charge in [-0.05, 0) is 44.1 Å². The second-order valence-electron chi connectivity index (χ2n) is 6.82. The summed E-state index contributed by atoms with van der Waals surface area (Å²) in [5.41, 5.74) is 6.54. The number of hydrogen-bond donors (Lipinski definition) is 2. The number of nitrogens with two attached hydrogens (primary N) is 1. The first kappa shape index (κ1) is 18.2. The van der Waals surface area contributed by atoms with E-state index in [1.54, 1.807) is 12.1 Å². The van der Waals surface area contributed by atoms with Gasteiger partial charge < -0.3 is 11.1 Å². The van der Waals surface area contributed by atoms with Crippen LogP contribution in [0.4, 0.5) is 4.39 Å². The van der Waals surface area contributed by atoms with Crippen LogP contribution in [0.5, 0.6) is 0 Å². The van der Waals surface area contributed by atoms with E-state index in [4.69, 9.17) is 5.73 Å². The molecule has 0 bridgehead atoms. The summed E-state index contributed by atoms with van der Waals surface area (Å²) in [6, 6.07) is 6.76. The van der Waals surface area contributed by atoms with E-state index in [0.717, 1.165) is 32.1 Å². The van der Waals surface area contributed by atoms with Gasteiger partial charge in [0.1, 0.15) is 5.82 Å². The largest absolute Gasteiger partial charge is 0.349 e. The molecule has 3 atom stereocenters. The standard InChI is InChI=1S/C18H25FN2O.ClH/c19-16-8-4-3-7-15(16)17(12-5-1-2-6-12)21-18(22)13-9-10-14(20)11-13;/h3-4,7-8,12-14,17H,1-2,5-6,9-11,20H2,(H,21,22);1H. The van der Waals surface area contributed by atoms with Crippen molar-refractivity contribution in [2.45, 2.75) is 57.0 Å².